The van der Waals surface area contributed by atoms with E-state index in [0.717, 1.165) is 22.3 Å². The van der Waals surface area contributed by atoms with Crippen molar-refractivity contribution in [1.82, 2.24) is 0 Å². The number of nitrogens with two attached hydrogens (primary N) is 1. The summed E-state index contributed by atoms with van der Waals surface area (Å²) in [5, 5.41) is 8.79. The van der Waals surface area contributed by atoms with Crippen molar-refractivity contribution in [2.45, 2.75) is 27.1 Å². The second-order valence-corrected chi connectivity index (χ2v) is 8.64. The summed E-state index contributed by atoms with van der Waals surface area (Å²) >= 11 is 0. The maximum atomic E-state index is 11.7. The number of nitrogens with one attached hydrogen (secondary N) is 2. The normalized spacial score (nSPS) is 9.75. The first kappa shape index (κ1) is 29.1. The van der Waals surface area contributed by atoms with Crippen LogP contribution in [0.3, 0.4) is 0 Å². The zero-order valence-electron chi connectivity index (χ0n) is 22.2. The lowest BCUT2D eigenvalue weighted by Gasteiger charge is -2.08. The number of aryl methyl sites for hydroxylation is 2. The van der Waals surface area contributed by atoms with E-state index in [-0.39, 0.29) is 13.2 Å². The molecule has 4 N–H and O–H groups in total. The Kier molecular flexibility index (Phi) is 11.0. The minimum Gasteiger partial charge on any atom is -0.444 e. The second-order valence-electron chi connectivity index (χ2n) is 8.64. The van der Waals surface area contributed by atoms with E-state index in [1.54, 1.807) is 30.3 Å². The third kappa shape index (κ3) is 9.77. The Balaban J connectivity index is 0.000000222. The summed E-state index contributed by atoms with van der Waals surface area (Å²) in [6.45, 7) is 4.17. The molecule has 10 nitrogen and oxygen atoms in total. The lowest BCUT2D eigenvalue weighted by atomic mass is 10.2. The zero-order chi connectivity index (χ0) is 28.7. The third-order valence-electron chi connectivity index (χ3n) is 5.56. The Bertz CT molecular complexity index is 1470. The molecule has 0 aliphatic heterocycles. The summed E-state index contributed by atoms with van der Waals surface area (Å²) in [5.41, 5.74) is 20.2. The summed E-state index contributed by atoms with van der Waals surface area (Å²) in [5.74, 6) is 0. The van der Waals surface area contributed by atoms with Gasteiger partial charge in [-0.25, -0.2) is 9.59 Å². The lowest BCUT2D eigenvalue weighted by molar-refractivity contribution is 0.154. The maximum absolute atomic E-state index is 11.7. The molecule has 0 fully saturated rings. The van der Waals surface area contributed by atoms with Crippen molar-refractivity contribution in [3.8, 4) is 0 Å². The average Bonchev–Trinajstić information content (AvgIpc) is 2.96. The summed E-state index contributed by atoms with van der Waals surface area (Å²) < 4.78 is 10.2. The third-order valence-corrected chi connectivity index (χ3v) is 5.56. The number of carbonyl (C=O) groups is 2. The van der Waals surface area contributed by atoms with Crippen LogP contribution in [-0.4, -0.2) is 12.2 Å². The fourth-order valence-electron chi connectivity index (χ4n) is 3.32. The van der Waals surface area contributed by atoms with Crippen molar-refractivity contribution in [1.29, 1.82) is 0 Å². The van der Waals surface area contributed by atoms with Crippen LogP contribution in [0.2, 0.25) is 0 Å². The van der Waals surface area contributed by atoms with Crippen LogP contribution in [0.25, 0.3) is 10.4 Å². The Morgan fingerprint density at radius 1 is 0.750 bits per heavy atom. The Labute approximate surface area is 232 Å². The van der Waals surface area contributed by atoms with Gasteiger partial charge in [0, 0.05) is 27.7 Å². The molecule has 0 aliphatic carbocycles. The molecule has 0 heterocycles. The van der Waals surface area contributed by atoms with Crippen molar-refractivity contribution in [3.05, 3.63) is 130 Å². The van der Waals surface area contributed by atoms with Gasteiger partial charge in [0.25, 0.3) is 0 Å². The number of azide groups is 1. The number of rotatable bonds is 7. The molecule has 0 aromatic heterocycles. The monoisotopic (exact) mass is 538 g/mol. The van der Waals surface area contributed by atoms with E-state index in [1.807, 2.05) is 80.6 Å². The van der Waals surface area contributed by atoms with Crippen molar-refractivity contribution in [2.75, 3.05) is 16.4 Å². The highest BCUT2D eigenvalue weighted by Crippen LogP contribution is 2.23. The molecule has 0 saturated heterocycles. The quantitative estimate of drug-likeness (QED) is 0.0941. The topological polar surface area (TPSA) is 151 Å². The van der Waals surface area contributed by atoms with E-state index in [9.17, 15) is 9.59 Å². The van der Waals surface area contributed by atoms with Gasteiger partial charge in [0.1, 0.15) is 13.2 Å². The van der Waals surface area contributed by atoms with Gasteiger partial charge in [-0.15, -0.1) is 0 Å². The van der Waals surface area contributed by atoms with E-state index in [4.69, 9.17) is 20.7 Å². The first-order chi connectivity index (χ1) is 19.3. The SMILES string of the molecule is Cc1ccc(NC(=O)OCc2ccccc2)cc1N.Cc1ccc(NC(=O)OCc2ccccc2)cc1N=[N+]=[N-]. The second kappa shape index (κ2) is 15.1. The lowest BCUT2D eigenvalue weighted by Crippen LogP contribution is -2.13. The van der Waals surface area contributed by atoms with Crippen LogP contribution in [-0.2, 0) is 22.7 Å². The minimum atomic E-state index is -0.561. The molecule has 40 heavy (non-hydrogen) atoms. The molecule has 0 radical (unpaired) electrons. The molecule has 0 spiro atoms. The predicted octanol–water partition coefficient (Wildman–Crippen LogP) is 8.01. The molecule has 4 aromatic carbocycles. The number of anilines is 3. The van der Waals surface area contributed by atoms with Gasteiger partial charge in [-0.2, -0.15) is 0 Å². The Morgan fingerprint density at radius 2 is 1.23 bits per heavy atom. The average molecular weight is 539 g/mol. The van der Waals surface area contributed by atoms with Crippen LogP contribution in [0, 0.1) is 13.8 Å². The molecule has 0 atom stereocenters. The molecule has 4 rings (SSSR count). The number of nitrogens with zero attached hydrogens (tertiary/aromatic N) is 3. The number of ether oxygens (including phenoxy) is 2. The van der Waals surface area contributed by atoms with E-state index in [2.05, 4.69) is 20.7 Å². The summed E-state index contributed by atoms with van der Waals surface area (Å²) in [4.78, 5) is 26.1. The highest BCUT2D eigenvalue weighted by atomic mass is 16.6. The van der Waals surface area contributed by atoms with Gasteiger partial charge >= 0.3 is 12.2 Å². The molecule has 0 unspecified atom stereocenters. The van der Waals surface area contributed by atoms with Crippen LogP contribution in [0.1, 0.15) is 22.3 Å². The van der Waals surface area contributed by atoms with Crippen molar-refractivity contribution in [2.24, 2.45) is 5.11 Å². The molecule has 10 heteroatoms. The van der Waals surface area contributed by atoms with Gasteiger partial charge in [-0.3, -0.25) is 10.6 Å². The van der Waals surface area contributed by atoms with E-state index in [1.165, 1.54) is 0 Å². The van der Waals surface area contributed by atoms with Crippen molar-refractivity contribution in [3.63, 3.8) is 0 Å². The molecule has 0 saturated carbocycles. The van der Waals surface area contributed by atoms with Gasteiger partial charge in [0.2, 0.25) is 0 Å². The molecule has 4 aromatic rings. The van der Waals surface area contributed by atoms with Crippen molar-refractivity contribution < 1.29 is 19.1 Å². The molecule has 0 bridgehead atoms. The number of benzene rings is 4. The Morgan fingerprint density at radius 3 is 1.70 bits per heavy atom. The van der Waals surface area contributed by atoms with Crippen LogP contribution in [0.5, 0.6) is 0 Å². The predicted molar refractivity (Wildman–Crippen MR) is 156 cm³/mol. The molecule has 204 valence electrons. The molecule has 2 amide bonds. The van der Waals surface area contributed by atoms with E-state index in [0.29, 0.717) is 22.7 Å². The Hall–Kier alpha value is -5.47. The highest BCUT2D eigenvalue weighted by Gasteiger charge is 2.06. The summed E-state index contributed by atoms with van der Waals surface area (Å²) in [6, 6.07) is 29.3. The van der Waals surface area contributed by atoms with Crippen LogP contribution in [0.4, 0.5) is 32.3 Å². The zero-order valence-corrected chi connectivity index (χ0v) is 22.2. The maximum Gasteiger partial charge on any atom is 0.411 e. The number of carbonyl (C=O) groups excluding carboxylic acids is 2. The number of nitrogen functional groups attached to an aromatic ring is 1. The summed E-state index contributed by atoms with van der Waals surface area (Å²) in [7, 11) is 0. The fourth-order valence-corrected chi connectivity index (χ4v) is 3.32. The van der Waals surface area contributed by atoms with Gasteiger partial charge in [-0.1, -0.05) is 77.9 Å². The van der Waals surface area contributed by atoms with Crippen molar-refractivity contribution >= 4 is 34.9 Å². The molecule has 0 aliphatic rings. The minimum absolute atomic E-state index is 0.196. The molecular formula is C30H30N6O4. The van der Waals surface area contributed by atoms with E-state index < -0.39 is 12.2 Å². The fraction of sp³-hybridized carbons (Fsp3) is 0.133. The first-order valence-electron chi connectivity index (χ1n) is 12.3. The van der Waals surface area contributed by atoms with Gasteiger partial charge in [-0.05, 0) is 65.9 Å². The van der Waals surface area contributed by atoms with Crippen LogP contribution in [0.15, 0.2) is 102 Å². The number of amides is 2. The van der Waals surface area contributed by atoms with Crippen LogP contribution >= 0.6 is 0 Å². The van der Waals surface area contributed by atoms with Crippen LogP contribution < -0.4 is 16.4 Å². The highest BCUT2D eigenvalue weighted by molar-refractivity contribution is 5.86. The molecular weight excluding hydrogens is 508 g/mol. The number of hydrogen-bond acceptors (Lipinski definition) is 6. The van der Waals surface area contributed by atoms with Gasteiger partial charge < -0.3 is 15.2 Å². The standard InChI is InChI=1S/C15H14N4O2.C15H16N2O2/c1-11-7-8-13(9-14(11)18-19-16)17-15(20)21-10-12-5-3-2-4-6-12;1-11-7-8-13(9-14(11)16)17-15(18)19-10-12-5-3-2-4-6-12/h2-9H,10H2,1H3,(H,17,20);2-9H,10,16H2,1H3,(H,17,18). The van der Waals surface area contributed by atoms with Gasteiger partial charge in [0.05, 0.1) is 0 Å². The van der Waals surface area contributed by atoms with Gasteiger partial charge in [0.15, 0.2) is 0 Å². The smallest absolute Gasteiger partial charge is 0.411 e. The van der Waals surface area contributed by atoms with E-state index >= 15 is 0 Å². The number of hydrogen-bond donors (Lipinski definition) is 3. The largest absolute Gasteiger partial charge is 0.444 e. The summed E-state index contributed by atoms with van der Waals surface area (Å²) in [6.07, 6.45) is -1.05. The first-order valence-corrected chi connectivity index (χ1v) is 12.3.